The summed E-state index contributed by atoms with van der Waals surface area (Å²) in [4.78, 5) is 2.32. The third-order valence-electron chi connectivity index (χ3n) is 3.77. The summed E-state index contributed by atoms with van der Waals surface area (Å²) in [5, 5.41) is 0. The fraction of sp³-hybridized carbons (Fsp3) is 0.294. The van der Waals surface area contributed by atoms with Gasteiger partial charge in [-0.1, -0.05) is 12.1 Å². The van der Waals surface area contributed by atoms with Crippen molar-refractivity contribution >= 4 is 11.4 Å². The van der Waals surface area contributed by atoms with Gasteiger partial charge in [0.05, 0.1) is 18.0 Å². The molecule has 2 aromatic carbocycles. The van der Waals surface area contributed by atoms with E-state index in [0.29, 0.717) is 12.4 Å². The predicted molar refractivity (Wildman–Crippen MR) is 83.3 cm³/mol. The van der Waals surface area contributed by atoms with Gasteiger partial charge in [0.2, 0.25) is 0 Å². The lowest BCUT2D eigenvalue weighted by Gasteiger charge is -2.20. The van der Waals surface area contributed by atoms with E-state index in [1.807, 2.05) is 12.1 Å². The number of hydrogen-bond acceptors (Lipinski definition) is 3. The lowest BCUT2D eigenvalue weighted by atomic mass is 10.1. The van der Waals surface area contributed by atoms with Crippen LogP contribution in [0.1, 0.15) is 12.0 Å². The second kappa shape index (κ2) is 6.04. The summed E-state index contributed by atoms with van der Waals surface area (Å²) >= 11 is 0. The molecule has 0 saturated carbocycles. The summed E-state index contributed by atoms with van der Waals surface area (Å²) in [7, 11) is 0. The molecule has 3 nitrogen and oxygen atoms in total. The first kappa shape index (κ1) is 13.7. The van der Waals surface area contributed by atoms with Crippen LogP contribution in [0.15, 0.2) is 42.5 Å². The zero-order valence-electron chi connectivity index (χ0n) is 11.9. The quantitative estimate of drug-likeness (QED) is 0.677. The van der Waals surface area contributed by atoms with Crippen molar-refractivity contribution in [3.63, 3.8) is 0 Å². The standard InChI is InChI=1S/C17H19FN2O/c18-14-5-7-15(8-6-14)21-12-2-10-20-11-9-13-3-1-4-16(19)17(13)20/h1,3-8H,2,9-12,19H2. The molecule has 110 valence electrons. The highest BCUT2D eigenvalue weighted by molar-refractivity contribution is 5.74. The van der Waals surface area contributed by atoms with Crippen LogP contribution in [0.3, 0.4) is 0 Å². The highest BCUT2D eigenvalue weighted by Gasteiger charge is 2.20. The summed E-state index contributed by atoms with van der Waals surface area (Å²) in [5.74, 6) is 0.462. The summed E-state index contributed by atoms with van der Waals surface area (Å²) in [5.41, 5.74) is 9.42. The summed E-state index contributed by atoms with van der Waals surface area (Å²) < 4.78 is 18.4. The number of hydrogen-bond donors (Lipinski definition) is 1. The van der Waals surface area contributed by atoms with Crippen molar-refractivity contribution < 1.29 is 9.13 Å². The number of fused-ring (bicyclic) bond motifs is 1. The number of para-hydroxylation sites is 1. The zero-order valence-corrected chi connectivity index (χ0v) is 11.9. The van der Waals surface area contributed by atoms with Gasteiger partial charge in [-0.15, -0.1) is 0 Å². The number of nitrogen functional groups attached to an aromatic ring is 1. The Labute approximate surface area is 124 Å². The number of nitrogens with zero attached hydrogens (tertiary/aromatic N) is 1. The molecule has 0 aromatic heterocycles. The predicted octanol–water partition coefficient (Wildman–Crippen LogP) is 3.24. The maximum Gasteiger partial charge on any atom is 0.123 e. The van der Waals surface area contributed by atoms with Crippen molar-refractivity contribution in [3.05, 3.63) is 53.8 Å². The molecule has 3 rings (SSSR count). The van der Waals surface area contributed by atoms with Gasteiger partial charge in [-0.05, 0) is 48.7 Å². The number of nitrogens with two attached hydrogens (primary N) is 1. The Kier molecular flexibility index (Phi) is 3.95. The lowest BCUT2D eigenvalue weighted by molar-refractivity contribution is 0.311. The molecule has 0 spiro atoms. The van der Waals surface area contributed by atoms with Gasteiger partial charge in [-0.2, -0.15) is 0 Å². The minimum absolute atomic E-state index is 0.244. The Balaban J connectivity index is 1.50. The van der Waals surface area contributed by atoms with Gasteiger partial charge < -0.3 is 15.4 Å². The maximum absolute atomic E-state index is 12.8. The molecule has 21 heavy (non-hydrogen) atoms. The van der Waals surface area contributed by atoms with Crippen molar-refractivity contribution in [1.82, 2.24) is 0 Å². The lowest BCUT2D eigenvalue weighted by Crippen LogP contribution is -2.24. The molecule has 1 aliphatic heterocycles. The first-order valence-corrected chi connectivity index (χ1v) is 7.25. The number of anilines is 2. The van der Waals surface area contributed by atoms with Crippen molar-refractivity contribution in [2.75, 3.05) is 30.3 Å². The summed E-state index contributed by atoms with van der Waals surface area (Å²) in [6, 6.07) is 12.2. The van der Waals surface area contributed by atoms with E-state index in [9.17, 15) is 4.39 Å². The van der Waals surface area contributed by atoms with Gasteiger partial charge in [0, 0.05) is 13.1 Å². The first-order valence-electron chi connectivity index (χ1n) is 7.25. The molecular formula is C17H19FN2O. The summed E-state index contributed by atoms with van der Waals surface area (Å²) in [6.45, 7) is 2.55. The molecule has 1 heterocycles. The topological polar surface area (TPSA) is 38.5 Å². The number of ether oxygens (including phenoxy) is 1. The molecule has 0 atom stereocenters. The molecule has 1 aliphatic rings. The fourth-order valence-electron chi connectivity index (χ4n) is 2.77. The van der Waals surface area contributed by atoms with E-state index < -0.39 is 0 Å². The minimum Gasteiger partial charge on any atom is -0.494 e. The van der Waals surface area contributed by atoms with E-state index in [0.717, 1.165) is 31.6 Å². The molecule has 0 radical (unpaired) electrons. The summed E-state index contributed by atoms with van der Waals surface area (Å²) in [6.07, 6.45) is 1.96. The Morgan fingerprint density at radius 2 is 1.95 bits per heavy atom. The van der Waals surface area contributed by atoms with Gasteiger partial charge in [0.1, 0.15) is 11.6 Å². The van der Waals surface area contributed by atoms with E-state index >= 15 is 0 Å². The molecule has 0 aliphatic carbocycles. The molecule has 0 bridgehead atoms. The molecular weight excluding hydrogens is 267 g/mol. The monoisotopic (exact) mass is 286 g/mol. The van der Waals surface area contributed by atoms with Crippen molar-refractivity contribution in [1.29, 1.82) is 0 Å². The minimum atomic E-state index is -0.244. The average Bonchev–Trinajstić information content (AvgIpc) is 2.90. The van der Waals surface area contributed by atoms with Gasteiger partial charge in [0.25, 0.3) is 0 Å². The second-order valence-electron chi connectivity index (χ2n) is 5.25. The number of halogens is 1. The number of rotatable bonds is 5. The van der Waals surface area contributed by atoms with Crippen LogP contribution >= 0.6 is 0 Å². The highest BCUT2D eigenvalue weighted by Crippen LogP contribution is 2.33. The molecule has 0 amide bonds. The van der Waals surface area contributed by atoms with Gasteiger partial charge in [0.15, 0.2) is 0 Å². The van der Waals surface area contributed by atoms with Crippen LogP contribution in [0.5, 0.6) is 5.75 Å². The van der Waals surface area contributed by atoms with Crippen LogP contribution in [0.2, 0.25) is 0 Å². The Morgan fingerprint density at radius 1 is 1.14 bits per heavy atom. The fourth-order valence-corrected chi connectivity index (χ4v) is 2.77. The van der Waals surface area contributed by atoms with E-state index in [-0.39, 0.29) is 5.82 Å². The van der Waals surface area contributed by atoms with Crippen LogP contribution in [-0.4, -0.2) is 19.7 Å². The molecule has 2 N–H and O–H groups in total. The van der Waals surface area contributed by atoms with Crippen LogP contribution in [0.4, 0.5) is 15.8 Å². The van der Waals surface area contributed by atoms with E-state index in [1.165, 1.54) is 23.4 Å². The first-order chi connectivity index (χ1) is 10.2. The van der Waals surface area contributed by atoms with Crippen LogP contribution in [0, 0.1) is 5.82 Å². The van der Waals surface area contributed by atoms with E-state index in [1.54, 1.807) is 12.1 Å². The Morgan fingerprint density at radius 3 is 2.76 bits per heavy atom. The largest absolute Gasteiger partial charge is 0.494 e. The SMILES string of the molecule is Nc1cccc2c1N(CCCOc1ccc(F)cc1)CC2. The van der Waals surface area contributed by atoms with E-state index in [4.69, 9.17) is 10.5 Å². The Bertz CT molecular complexity index is 613. The van der Waals surface area contributed by atoms with Crippen LogP contribution < -0.4 is 15.4 Å². The van der Waals surface area contributed by atoms with Gasteiger partial charge in [-0.25, -0.2) is 4.39 Å². The van der Waals surface area contributed by atoms with Crippen molar-refractivity contribution in [2.24, 2.45) is 0 Å². The molecule has 0 saturated heterocycles. The second-order valence-corrected chi connectivity index (χ2v) is 5.25. The van der Waals surface area contributed by atoms with Crippen LogP contribution in [-0.2, 0) is 6.42 Å². The Hall–Kier alpha value is -2.23. The van der Waals surface area contributed by atoms with Gasteiger partial charge >= 0.3 is 0 Å². The average molecular weight is 286 g/mol. The van der Waals surface area contributed by atoms with Crippen molar-refractivity contribution in [2.45, 2.75) is 12.8 Å². The third-order valence-corrected chi connectivity index (χ3v) is 3.77. The zero-order chi connectivity index (χ0) is 14.7. The van der Waals surface area contributed by atoms with Crippen molar-refractivity contribution in [3.8, 4) is 5.75 Å². The maximum atomic E-state index is 12.8. The molecule has 0 unspecified atom stereocenters. The third kappa shape index (κ3) is 3.10. The number of benzene rings is 2. The smallest absolute Gasteiger partial charge is 0.123 e. The molecule has 2 aromatic rings. The van der Waals surface area contributed by atoms with Crippen LogP contribution in [0.25, 0.3) is 0 Å². The molecule has 4 heteroatoms. The van der Waals surface area contributed by atoms with Gasteiger partial charge in [-0.3, -0.25) is 0 Å². The normalized spacial score (nSPS) is 13.3. The molecule has 0 fully saturated rings. The highest BCUT2D eigenvalue weighted by atomic mass is 19.1. The van der Waals surface area contributed by atoms with E-state index in [2.05, 4.69) is 11.0 Å².